The lowest BCUT2D eigenvalue weighted by molar-refractivity contribution is 0.208. The maximum atomic E-state index is 12.5. The molecule has 2 amide bonds. The topological polar surface area (TPSA) is 61.4 Å². The molecule has 27 heavy (non-hydrogen) atoms. The van der Waals surface area contributed by atoms with E-state index in [0.717, 1.165) is 29.1 Å². The molecule has 9 heteroatoms. The van der Waals surface area contributed by atoms with Crippen LogP contribution in [0.25, 0.3) is 10.2 Å². The summed E-state index contributed by atoms with van der Waals surface area (Å²) in [5.74, 6) is 0.947. The van der Waals surface area contributed by atoms with E-state index in [9.17, 15) is 4.79 Å². The van der Waals surface area contributed by atoms with Gasteiger partial charge in [0.1, 0.15) is 17.0 Å². The van der Waals surface area contributed by atoms with Crippen LogP contribution in [0.15, 0.2) is 29.9 Å². The summed E-state index contributed by atoms with van der Waals surface area (Å²) in [5.41, 5.74) is 1.81. The highest BCUT2D eigenvalue weighted by molar-refractivity contribution is 7.17. The number of thiophene rings is 1. The number of benzene rings is 1. The monoisotopic (exact) mass is 421 g/mol. The van der Waals surface area contributed by atoms with Crippen molar-refractivity contribution in [2.45, 2.75) is 6.92 Å². The lowest BCUT2D eigenvalue weighted by Crippen LogP contribution is -2.50. The van der Waals surface area contributed by atoms with Crippen molar-refractivity contribution in [2.75, 3.05) is 36.4 Å². The number of hydrogen-bond acceptors (Lipinski definition) is 5. The molecule has 1 fully saturated rings. The molecule has 6 nitrogen and oxygen atoms in total. The number of aromatic nitrogens is 2. The number of carbonyl (C=O) groups is 1. The molecule has 1 N–H and O–H groups in total. The lowest BCUT2D eigenvalue weighted by atomic mass is 10.2. The largest absolute Gasteiger partial charge is 0.352 e. The average Bonchev–Trinajstić information content (AvgIpc) is 3.06. The lowest BCUT2D eigenvalue weighted by Gasteiger charge is -2.35. The van der Waals surface area contributed by atoms with Crippen molar-refractivity contribution in [3.05, 3.63) is 45.5 Å². The van der Waals surface area contributed by atoms with E-state index in [4.69, 9.17) is 23.2 Å². The van der Waals surface area contributed by atoms with Crippen LogP contribution in [0.3, 0.4) is 0 Å². The zero-order valence-corrected chi connectivity index (χ0v) is 16.9. The number of halogens is 2. The third-order valence-corrected chi connectivity index (χ3v) is 6.31. The number of carbonyl (C=O) groups excluding carboxylic acids is 1. The SMILES string of the molecule is Cc1csc2ncnc(N3CCN(C(=O)Nc4ccc(Cl)c(Cl)c4)CC3)c12. The average molecular weight is 422 g/mol. The van der Waals surface area contributed by atoms with E-state index in [1.165, 1.54) is 5.56 Å². The number of urea groups is 1. The molecule has 140 valence electrons. The molecule has 1 saturated heterocycles. The van der Waals surface area contributed by atoms with Crippen molar-refractivity contribution in [3.63, 3.8) is 0 Å². The van der Waals surface area contributed by atoms with Crippen molar-refractivity contribution in [2.24, 2.45) is 0 Å². The molecule has 4 rings (SSSR count). The molecule has 2 aromatic heterocycles. The summed E-state index contributed by atoms with van der Waals surface area (Å²) in [5, 5.41) is 6.96. The summed E-state index contributed by atoms with van der Waals surface area (Å²) in [7, 11) is 0. The predicted molar refractivity (Wildman–Crippen MR) is 111 cm³/mol. The Morgan fingerprint density at radius 2 is 1.93 bits per heavy atom. The van der Waals surface area contributed by atoms with Gasteiger partial charge < -0.3 is 15.1 Å². The van der Waals surface area contributed by atoms with Gasteiger partial charge in [-0.25, -0.2) is 14.8 Å². The van der Waals surface area contributed by atoms with Gasteiger partial charge in [-0.1, -0.05) is 23.2 Å². The molecule has 0 bridgehead atoms. The summed E-state index contributed by atoms with van der Waals surface area (Å²) in [6.07, 6.45) is 1.61. The molecule has 0 atom stereocenters. The second-order valence-electron chi connectivity index (χ2n) is 6.33. The zero-order chi connectivity index (χ0) is 19.0. The van der Waals surface area contributed by atoms with Gasteiger partial charge in [-0.05, 0) is 36.1 Å². The Hall–Kier alpha value is -2.09. The van der Waals surface area contributed by atoms with Gasteiger partial charge in [-0.15, -0.1) is 11.3 Å². The number of fused-ring (bicyclic) bond motifs is 1. The van der Waals surface area contributed by atoms with E-state index in [1.54, 1.807) is 40.8 Å². The second-order valence-corrected chi connectivity index (χ2v) is 8.00. The molecular weight excluding hydrogens is 405 g/mol. The minimum absolute atomic E-state index is 0.146. The van der Waals surface area contributed by atoms with Crippen LogP contribution in [-0.4, -0.2) is 47.1 Å². The molecule has 0 aliphatic carbocycles. The number of hydrogen-bond donors (Lipinski definition) is 1. The van der Waals surface area contributed by atoms with E-state index < -0.39 is 0 Å². The number of nitrogens with zero attached hydrogens (tertiary/aromatic N) is 4. The molecule has 0 unspecified atom stereocenters. The summed E-state index contributed by atoms with van der Waals surface area (Å²) in [6.45, 7) is 4.74. The normalized spacial score (nSPS) is 14.6. The number of amides is 2. The fraction of sp³-hybridized carbons (Fsp3) is 0.278. The fourth-order valence-corrected chi connectivity index (χ4v) is 4.32. The van der Waals surface area contributed by atoms with Crippen LogP contribution in [0.1, 0.15) is 5.56 Å². The third-order valence-electron chi connectivity index (χ3n) is 4.57. The smallest absolute Gasteiger partial charge is 0.321 e. The van der Waals surface area contributed by atoms with Gasteiger partial charge in [-0.3, -0.25) is 0 Å². The van der Waals surface area contributed by atoms with Crippen LogP contribution < -0.4 is 10.2 Å². The van der Waals surface area contributed by atoms with E-state index in [2.05, 4.69) is 32.5 Å². The molecule has 0 spiro atoms. The van der Waals surface area contributed by atoms with Crippen molar-refractivity contribution in [1.82, 2.24) is 14.9 Å². The second kappa shape index (κ2) is 7.50. The van der Waals surface area contributed by atoms with Crippen molar-refractivity contribution in [1.29, 1.82) is 0 Å². The third kappa shape index (κ3) is 3.67. The number of rotatable bonds is 2. The number of anilines is 2. The maximum absolute atomic E-state index is 12.5. The molecule has 0 radical (unpaired) electrons. The summed E-state index contributed by atoms with van der Waals surface area (Å²) in [6, 6.07) is 4.91. The highest BCUT2D eigenvalue weighted by atomic mass is 35.5. The van der Waals surface area contributed by atoms with Gasteiger partial charge in [0, 0.05) is 31.9 Å². The quantitative estimate of drug-likeness (QED) is 0.653. The fourth-order valence-electron chi connectivity index (χ4n) is 3.14. The Balaban J connectivity index is 1.43. The molecule has 3 aromatic rings. The Bertz CT molecular complexity index is 1000. The van der Waals surface area contributed by atoms with Crippen LogP contribution in [0.5, 0.6) is 0 Å². The van der Waals surface area contributed by atoms with Crippen molar-refractivity contribution in [3.8, 4) is 0 Å². The van der Waals surface area contributed by atoms with Crippen LogP contribution in [0, 0.1) is 6.92 Å². The van der Waals surface area contributed by atoms with Crippen LogP contribution >= 0.6 is 34.5 Å². The van der Waals surface area contributed by atoms with Crippen molar-refractivity contribution < 1.29 is 4.79 Å². The summed E-state index contributed by atoms with van der Waals surface area (Å²) < 4.78 is 0. The first kappa shape index (κ1) is 18.3. The molecule has 0 saturated carbocycles. The van der Waals surface area contributed by atoms with Gasteiger partial charge in [0.2, 0.25) is 0 Å². The molecule has 1 aliphatic heterocycles. The first-order valence-corrected chi connectivity index (χ1v) is 10.1. The van der Waals surface area contributed by atoms with Gasteiger partial charge in [0.15, 0.2) is 0 Å². The van der Waals surface area contributed by atoms with Gasteiger partial charge in [0.05, 0.1) is 15.4 Å². The Morgan fingerprint density at radius 3 is 2.67 bits per heavy atom. The zero-order valence-electron chi connectivity index (χ0n) is 14.6. The molecule has 3 heterocycles. The first-order chi connectivity index (χ1) is 13.0. The molecule has 1 aromatic carbocycles. The highest BCUT2D eigenvalue weighted by Gasteiger charge is 2.24. The van der Waals surface area contributed by atoms with Gasteiger partial charge in [0.25, 0.3) is 0 Å². The van der Waals surface area contributed by atoms with E-state index in [1.807, 2.05) is 0 Å². The maximum Gasteiger partial charge on any atom is 0.321 e. The van der Waals surface area contributed by atoms with Gasteiger partial charge in [-0.2, -0.15) is 0 Å². The molecular formula is C18H17Cl2N5OS. The van der Waals surface area contributed by atoms with Crippen molar-refractivity contribution >= 4 is 62.3 Å². The number of aryl methyl sites for hydroxylation is 1. The van der Waals surface area contributed by atoms with Crippen LogP contribution in [0.4, 0.5) is 16.3 Å². The van der Waals surface area contributed by atoms with Crippen LogP contribution in [0.2, 0.25) is 10.0 Å². The first-order valence-electron chi connectivity index (χ1n) is 8.47. The van der Waals surface area contributed by atoms with Gasteiger partial charge >= 0.3 is 6.03 Å². The Morgan fingerprint density at radius 1 is 1.15 bits per heavy atom. The standard InChI is InChI=1S/C18H17Cl2N5OS/c1-11-9-27-17-15(11)16(21-10-22-17)24-4-6-25(7-5-24)18(26)23-12-2-3-13(19)14(20)8-12/h2-3,8-10H,4-7H2,1H3,(H,23,26). The van der Waals surface area contributed by atoms with E-state index in [0.29, 0.717) is 28.8 Å². The summed E-state index contributed by atoms with van der Waals surface area (Å²) >= 11 is 13.5. The number of nitrogens with one attached hydrogen (secondary N) is 1. The van der Waals surface area contributed by atoms with E-state index in [-0.39, 0.29) is 6.03 Å². The summed E-state index contributed by atoms with van der Waals surface area (Å²) in [4.78, 5) is 26.4. The Kier molecular flexibility index (Phi) is 5.08. The minimum Gasteiger partial charge on any atom is -0.352 e. The minimum atomic E-state index is -0.146. The van der Waals surface area contributed by atoms with E-state index >= 15 is 0 Å². The molecule has 1 aliphatic rings. The van der Waals surface area contributed by atoms with Crippen LogP contribution in [-0.2, 0) is 0 Å². The highest BCUT2D eigenvalue weighted by Crippen LogP contribution is 2.31. The Labute approximate surface area is 170 Å². The predicted octanol–water partition coefficient (Wildman–Crippen LogP) is 4.66. The number of piperazine rings is 1.